The van der Waals surface area contributed by atoms with Crippen LogP contribution in [0.2, 0.25) is 0 Å². The molecule has 2 aromatic heterocycles. The van der Waals surface area contributed by atoms with E-state index in [1.165, 1.54) is 0 Å². The fourth-order valence-electron chi connectivity index (χ4n) is 1.38. The fourth-order valence-corrected chi connectivity index (χ4v) is 1.49. The van der Waals surface area contributed by atoms with Crippen LogP contribution in [0.1, 0.15) is 19.0 Å². The molecule has 0 spiro atoms. The van der Waals surface area contributed by atoms with Gasteiger partial charge in [-0.1, -0.05) is 19.1 Å². The van der Waals surface area contributed by atoms with Gasteiger partial charge in [0.1, 0.15) is 10.7 Å². The Balaban J connectivity index is 2.12. The van der Waals surface area contributed by atoms with Gasteiger partial charge in [0.25, 0.3) is 0 Å². The lowest BCUT2D eigenvalue weighted by molar-refractivity contribution is 0.440. The Morgan fingerprint density at radius 1 is 1.56 bits per heavy atom. The monoisotopic (exact) mass is 263 g/mol. The Kier molecular flexibility index (Phi) is 3.83. The molecule has 0 saturated heterocycles. The van der Waals surface area contributed by atoms with Crippen molar-refractivity contribution in [2.24, 2.45) is 5.73 Å². The van der Waals surface area contributed by atoms with Crippen molar-refractivity contribution in [2.45, 2.75) is 19.9 Å². The Morgan fingerprint density at radius 2 is 2.39 bits per heavy atom. The van der Waals surface area contributed by atoms with Gasteiger partial charge in [-0.15, -0.1) is 0 Å². The number of thiocarbonyl (C=S) groups is 1. The molecule has 2 heterocycles. The summed E-state index contributed by atoms with van der Waals surface area (Å²) < 4.78 is 7.27. The molecule has 2 N–H and O–H groups in total. The Bertz CT molecular complexity index is 554. The number of nitrogens with zero attached hydrogens (tertiary/aromatic N) is 4. The molecule has 0 amide bonds. The smallest absolute Gasteiger partial charge is 0.322 e. The van der Waals surface area contributed by atoms with Gasteiger partial charge in [-0.05, 0) is 12.5 Å². The summed E-state index contributed by atoms with van der Waals surface area (Å²) in [6, 6.07) is 1.84. The van der Waals surface area contributed by atoms with Crippen LogP contribution in [-0.2, 0) is 6.54 Å². The maximum Gasteiger partial charge on any atom is 0.322 e. The number of nitrogens with two attached hydrogens (primary N) is 1. The van der Waals surface area contributed by atoms with E-state index in [0.29, 0.717) is 11.4 Å². The van der Waals surface area contributed by atoms with Gasteiger partial charge >= 0.3 is 6.01 Å². The van der Waals surface area contributed by atoms with Crippen LogP contribution in [0, 0.1) is 0 Å². The molecule has 0 bridgehead atoms. The number of aromatic nitrogens is 4. The second-order valence-corrected chi connectivity index (χ2v) is 4.07. The lowest BCUT2D eigenvalue weighted by Crippen LogP contribution is -2.12. The van der Waals surface area contributed by atoms with E-state index in [2.05, 4.69) is 22.0 Å². The zero-order valence-electron chi connectivity index (χ0n) is 9.91. The molecule has 18 heavy (non-hydrogen) atoms. The highest BCUT2D eigenvalue weighted by atomic mass is 32.1. The largest absolute Gasteiger partial charge is 0.421 e. The van der Waals surface area contributed by atoms with Gasteiger partial charge in [0, 0.05) is 12.7 Å². The quantitative estimate of drug-likeness (QED) is 0.824. The van der Waals surface area contributed by atoms with E-state index in [1.807, 2.05) is 0 Å². The van der Waals surface area contributed by atoms with Crippen LogP contribution in [0.4, 0.5) is 0 Å². The van der Waals surface area contributed by atoms with Crippen molar-refractivity contribution >= 4 is 17.2 Å². The van der Waals surface area contributed by atoms with Gasteiger partial charge < -0.3 is 10.5 Å². The predicted octanol–water partition coefficient (Wildman–Crippen LogP) is 1.51. The number of ether oxygens (including phenoxy) is 1. The van der Waals surface area contributed by atoms with Gasteiger partial charge in [-0.2, -0.15) is 10.1 Å². The molecule has 94 valence electrons. The minimum atomic E-state index is 0.205. The van der Waals surface area contributed by atoms with E-state index in [-0.39, 0.29) is 11.0 Å². The van der Waals surface area contributed by atoms with Gasteiger partial charge in [-0.3, -0.25) is 4.68 Å². The van der Waals surface area contributed by atoms with Crippen LogP contribution in [0.25, 0.3) is 0 Å². The van der Waals surface area contributed by atoms with Crippen LogP contribution in [0.5, 0.6) is 11.8 Å². The lowest BCUT2D eigenvalue weighted by atomic mass is 10.4. The van der Waals surface area contributed by atoms with Gasteiger partial charge in [-0.25, -0.2) is 4.98 Å². The molecular weight excluding hydrogens is 250 g/mol. The Labute approximate surface area is 110 Å². The van der Waals surface area contributed by atoms with E-state index in [4.69, 9.17) is 22.7 Å². The summed E-state index contributed by atoms with van der Waals surface area (Å²) in [5.41, 5.74) is 5.97. The highest BCUT2D eigenvalue weighted by Gasteiger charge is 2.05. The maximum absolute atomic E-state index is 5.49. The third-order valence-corrected chi connectivity index (χ3v) is 2.37. The maximum atomic E-state index is 5.49. The summed E-state index contributed by atoms with van der Waals surface area (Å²) in [6.07, 6.45) is 5.97. The molecule has 0 unspecified atom stereocenters. The van der Waals surface area contributed by atoms with Crippen molar-refractivity contribution in [2.75, 3.05) is 0 Å². The van der Waals surface area contributed by atoms with Crippen LogP contribution >= 0.6 is 12.2 Å². The molecule has 0 aliphatic carbocycles. The molecule has 0 atom stereocenters. The lowest BCUT2D eigenvalue weighted by Gasteiger charge is -2.02. The standard InChI is InChI=1S/C11H13N5OS/c1-2-5-16-7-8(6-14-16)17-11-13-4-3-9(15-11)10(12)18/h3-4,6-7H,2,5H2,1H3,(H2,12,18). The summed E-state index contributed by atoms with van der Waals surface area (Å²) in [5, 5.41) is 4.15. The van der Waals surface area contributed by atoms with E-state index in [0.717, 1.165) is 13.0 Å². The molecule has 0 fully saturated rings. The highest BCUT2D eigenvalue weighted by Crippen LogP contribution is 2.16. The Hall–Kier alpha value is -2.02. The van der Waals surface area contributed by atoms with E-state index in [1.54, 1.807) is 29.3 Å². The molecule has 0 aliphatic heterocycles. The second-order valence-electron chi connectivity index (χ2n) is 3.63. The first-order valence-electron chi connectivity index (χ1n) is 5.52. The van der Waals surface area contributed by atoms with Crippen molar-refractivity contribution < 1.29 is 4.74 Å². The summed E-state index contributed by atoms with van der Waals surface area (Å²) in [4.78, 5) is 8.28. The minimum Gasteiger partial charge on any atom is -0.421 e. The molecule has 2 aromatic rings. The fraction of sp³-hybridized carbons (Fsp3) is 0.273. The second kappa shape index (κ2) is 5.54. The van der Waals surface area contributed by atoms with E-state index < -0.39 is 0 Å². The summed E-state index contributed by atoms with van der Waals surface area (Å²) in [6.45, 7) is 2.92. The predicted molar refractivity (Wildman–Crippen MR) is 70.5 cm³/mol. The topological polar surface area (TPSA) is 78.9 Å². The van der Waals surface area contributed by atoms with Gasteiger partial charge in [0.15, 0.2) is 5.75 Å². The van der Waals surface area contributed by atoms with Gasteiger partial charge in [0.05, 0.1) is 12.4 Å². The summed E-state index contributed by atoms with van der Waals surface area (Å²) in [7, 11) is 0. The minimum absolute atomic E-state index is 0.205. The molecular formula is C11H13N5OS. The summed E-state index contributed by atoms with van der Waals surface area (Å²) in [5.74, 6) is 0.587. The Morgan fingerprint density at radius 3 is 3.11 bits per heavy atom. The first kappa shape index (κ1) is 12.4. The van der Waals surface area contributed by atoms with E-state index in [9.17, 15) is 0 Å². The summed E-state index contributed by atoms with van der Waals surface area (Å²) >= 11 is 4.84. The first-order chi connectivity index (χ1) is 8.69. The van der Waals surface area contributed by atoms with Crippen molar-refractivity contribution in [1.29, 1.82) is 0 Å². The number of hydrogen-bond acceptors (Lipinski definition) is 5. The van der Waals surface area contributed by atoms with Crippen LogP contribution in [-0.4, -0.2) is 24.7 Å². The van der Waals surface area contributed by atoms with Crippen molar-refractivity contribution in [3.05, 3.63) is 30.4 Å². The zero-order valence-corrected chi connectivity index (χ0v) is 10.7. The van der Waals surface area contributed by atoms with E-state index >= 15 is 0 Å². The third-order valence-electron chi connectivity index (χ3n) is 2.16. The average Bonchev–Trinajstić information content (AvgIpc) is 2.77. The van der Waals surface area contributed by atoms with Crippen molar-refractivity contribution in [1.82, 2.24) is 19.7 Å². The molecule has 0 aliphatic rings. The molecule has 2 rings (SSSR count). The van der Waals surface area contributed by atoms with Crippen LogP contribution in [0.3, 0.4) is 0 Å². The first-order valence-corrected chi connectivity index (χ1v) is 5.93. The zero-order chi connectivity index (χ0) is 13.0. The average molecular weight is 263 g/mol. The molecule has 6 nitrogen and oxygen atoms in total. The third kappa shape index (κ3) is 3.01. The SMILES string of the molecule is CCCn1cc(Oc2nccc(C(N)=S)n2)cn1. The highest BCUT2D eigenvalue weighted by molar-refractivity contribution is 7.80. The normalized spacial score (nSPS) is 10.3. The number of hydrogen-bond donors (Lipinski definition) is 1. The molecule has 7 heteroatoms. The number of rotatable bonds is 5. The molecule has 0 saturated carbocycles. The molecule has 0 aromatic carbocycles. The van der Waals surface area contributed by atoms with Crippen molar-refractivity contribution in [3.8, 4) is 11.8 Å². The van der Waals surface area contributed by atoms with Gasteiger partial charge in [0.2, 0.25) is 0 Å². The van der Waals surface area contributed by atoms with Crippen molar-refractivity contribution in [3.63, 3.8) is 0 Å². The number of aryl methyl sites for hydroxylation is 1. The van der Waals surface area contributed by atoms with Crippen LogP contribution in [0.15, 0.2) is 24.7 Å². The molecule has 0 radical (unpaired) electrons. The van der Waals surface area contributed by atoms with Crippen LogP contribution < -0.4 is 10.5 Å².